The van der Waals surface area contributed by atoms with Crippen LogP contribution in [0.2, 0.25) is 0 Å². The summed E-state index contributed by atoms with van der Waals surface area (Å²) in [5.74, 6) is -0.842. The van der Waals surface area contributed by atoms with Crippen molar-refractivity contribution in [3.63, 3.8) is 0 Å². The number of carbonyl (C=O) groups is 2. The summed E-state index contributed by atoms with van der Waals surface area (Å²) in [7, 11) is 1.58. The van der Waals surface area contributed by atoms with Crippen molar-refractivity contribution in [1.29, 1.82) is 0 Å². The molecule has 0 unspecified atom stereocenters. The molecular formula is C25H24FN7O3. The number of pyridine rings is 1. The Morgan fingerprint density at radius 3 is 2.42 bits per heavy atom. The zero-order valence-electron chi connectivity index (χ0n) is 19.7. The number of aryl methyl sites for hydroxylation is 2. The number of hydrogen-bond donors (Lipinski definition) is 2. The second-order valence-electron chi connectivity index (χ2n) is 8.07. The van der Waals surface area contributed by atoms with E-state index in [2.05, 4.69) is 25.6 Å². The lowest BCUT2D eigenvalue weighted by Gasteiger charge is -2.11. The first-order valence-corrected chi connectivity index (χ1v) is 11.1. The van der Waals surface area contributed by atoms with Gasteiger partial charge in [-0.25, -0.2) is 9.67 Å². The van der Waals surface area contributed by atoms with E-state index in [4.69, 9.17) is 10.5 Å². The Morgan fingerprint density at radius 1 is 1.06 bits per heavy atom. The highest BCUT2D eigenvalue weighted by Crippen LogP contribution is 2.31. The van der Waals surface area contributed by atoms with Crippen LogP contribution >= 0.6 is 0 Å². The van der Waals surface area contributed by atoms with Crippen LogP contribution in [0.5, 0.6) is 5.75 Å². The minimum absolute atomic E-state index is 0.0661. The van der Waals surface area contributed by atoms with Crippen LogP contribution < -0.4 is 15.8 Å². The lowest BCUT2D eigenvalue weighted by molar-refractivity contribution is -0.116. The van der Waals surface area contributed by atoms with E-state index in [0.29, 0.717) is 29.0 Å². The molecule has 3 N–H and O–H groups in total. The van der Waals surface area contributed by atoms with Crippen LogP contribution in [0.25, 0.3) is 11.3 Å². The first-order chi connectivity index (χ1) is 17.4. The molecule has 4 aromatic rings. The third kappa shape index (κ3) is 5.52. The molecule has 0 aliphatic carbocycles. The van der Waals surface area contributed by atoms with E-state index in [-0.39, 0.29) is 30.3 Å². The number of methoxy groups -OCH3 is 1. The van der Waals surface area contributed by atoms with Gasteiger partial charge < -0.3 is 15.8 Å². The number of amides is 2. The Kier molecular flexibility index (Phi) is 7.28. The number of primary amides is 1. The topological polar surface area (TPSA) is 138 Å². The fourth-order valence-electron chi connectivity index (χ4n) is 3.67. The monoisotopic (exact) mass is 489 g/mol. The van der Waals surface area contributed by atoms with Gasteiger partial charge in [0, 0.05) is 18.2 Å². The first kappa shape index (κ1) is 24.5. The molecule has 0 spiro atoms. The molecule has 0 saturated carbocycles. The fraction of sp³-hybridized carbons (Fsp3) is 0.200. The summed E-state index contributed by atoms with van der Waals surface area (Å²) in [5, 5.41) is 15.2. The molecule has 1 aromatic carbocycles. The Bertz CT molecular complexity index is 1390. The van der Waals surface area contributed by atoms with Crippen LogP contribution in [-0.2, 0) is 17.8 Å². The number of nitrogens with one attached hydrogen (secondary N) is 1. The Balaban J connectivity index is 1.69. The lowest BCUT2D eigenvalue weighted by Crippen LogP contribution is -2.20. The van der Waals surface area contributed by atoms with Crippen LogP contribution in [0.3, 0.4) is 0 Å². The van der Waals surface area contributed by atoms with Gasteiger partial charge in [-0.1, -0.05) is 18.2 Å². The average Bonchev–Trinajstić information content (AvgIpc) is 3.22. The number of benzene rings is 1. The molecule has 0 bridgehead atoms. The molecule has 3 aromatic heterocycles. The largest absolute Gasteiger partial charge is 0.497 e. The molecule has 0 aliphatic heterocycles. The van der Waals surface area contributed by atoms with Crippen molar-refractivity contribution >= 4 is 17.6 Å². The average molecular weight is 490 g/mol. The van der Waals surface area contributed by atoms with Gasteiger partial charge in [-0.05, 0) is 48.2 Å². The predicted octanol–water partition coefficient (Wildman–Crippen LogP) is 2.91. The Hall–Kier alpha value is -4.67. The molecule has 0 atom stereocenters. The van der Waals surface area contributed by atoms with Gasteiger partial charge in [-0.2, -0.15) is 19.7 Å². The Labute approximate surface area is 206 Å². The SMILES string of the molecule is COc1ccc(Cn2nc(-c3cnncc3C)c(C(N)=O)c2NC(=O)CCc2ccc(F)nc2)cc1. The second kappa shape index (κ2) is 10.7. The van der Waals surface area contributed by atoms with Crippen molar-refractivity contribution in [3.05, 3.63) is 83.2 Å². The maximum atomic E-state index is 13.1. The van der Waals surface area contributed by atoms with Crippen LogP contribution in [0.4, 0.5) is 10.2 Å². The van der Waals surface area contributed by atoms with Crippen molar-refractivity contribution in [2.24, 2.45) is 5.73 Å². The minimum Gasteiger partial charge on any atom is -0.497 e. The normalized spacial score (nSPS) is 10.8. The van der Waals surface area contributed by atoms with Crippen molar-refractivity contribution < 1.29 is 18.7 Å². The molecule has 10 nitrogen and oxygen atoms in total. The van der Waals surface area contributed by atoms with Crippen molar-refractivity contribution in [2.75, 3.05) is 12.4 Å². The number of anilines is 1. The smallest absolute Gasteiger partial charge is 0.254 e. The zero-order valence-corrected chi connectivity index (χ0v) is 19.7. The molecule has 0 radical (unpaired) electrons. The summed E-state index contributed by atoms with van der Waals surface area (Å²) in [6.07, 6.45) is 4.83. The maximum Gasteiger partial charge on any atom is 0.254 e. The van der Waals surface area contributed by atoms with Crippen molar-refractivity contribution in [2.45, 2.75) is 26.3 Å². The molecule has 11 heteroatoms. The van der Waals surface area contributed by atoms with E-state index >= 15 is 0 Å². The van der Waals surface area contributed by atoms with E-state index in [9.17, 15) is 14.0 Å². The maximum absolute atomic E-state index is 13.1. The Morgan fingerprint density at radius 2 is 1.78 bits per heavy atom. The third-order valence-corrected chi connectivity index (χ3v) is 5.56. The number of nitrogens with two attached hydrogens (primary N) is 1. The molecule has 36 heavy (non-hydrogen) atoms. The highest BCUT2D eigenvalue weighted by atomic mass is 19.1. The summed E-state index contributed by atoms with van der Waals surface area (Å²) in [4.78, 5) is 29.1. The minimum atomic E-state index is -0.750. The quantitative estimate of drug-likeness (QED) is 0.345. The van der Waals surface area contributed by atoms with Crippen LogP contribution in [0, 0.1) is 12.9 Å². The van der Waals surface area contributed by atoms with Crippen LogP contribution in [-0.4, -0.2) is 43.9 Å². The number of aromatic nitrogens is 5. The molecule has 0 aliphatic rings. The second-order valence-corrected chi connectivity index (χ2v) is 8.07. The van der Waals surface area contributed by atoms with Gasteiger partial charge in [0.1, 0.15) is 22.8 Å². The van der Waals surface area contributed by atoms with E-state index < -0.39 is 11.9 Å². The van der Waals surface area contributed by atoms with E-state index in [1.54, 1.807) is 31.5 Å². The van der Waals surface area contributed by atoms with Gasteiger partial charge in [0.15, 0.2) is 0 Å². The summed E-state index contributed by atoms with van der Waals surface area (Å²) < 4.78 is 19.8. The molecule has 3 heterocycles. The molecule has 4 rings (SSSR count). The van der Waals surface area contributed by atoms with Crippen molar-refractivity contribution in [1.82, 2.24) is 25.0 Å². The highest BCUT2D eigenvalue weighted by molar-refractivity contribution is 6.07. The van der Waals surface area contributed by atoms with Gasteiger partial charge in [0.2, 0.25) is 11.9 Å². The molecule has 2 amide bonds. The summed E-state index contributed by atoms with van der Waals surface area (Å²) in [6.45, 7) is 2.06. The van der Waals surface area contributed by atoms with Crippen LogP contribution in [0.15, 0.2) is 55.0 Å². The van der Waals surface area contributed by atoms with E-state index in [1.165, 1.54) is 23.1 Å². The number of rotatable bonds is 9. The lowest BCUT2D eigenvalue weighted by atomic mass is 10.1. The highest BCUT2D eigenvalue weighted by Gasteiger charge is 2.26. The molecule has 0 saturated heterocycles. The number of ether oxygens (including phenoxy) is 1. The number of hydrogen-bond acceptors (Lipinski definition) is 7. The number of nitrogens with zero attached hydrogens (tertiary/aromatic N) is 5. The summed E-state index contributed by atoms with van der Waals surface area (Å²) in [5.41, 5.74) is 8.99. The van der Waals surface area contributed by atoms with Gasteiger partial charge in [-0.3, -0.25) is 9.59 Å². The van der Waals surface area contributed by atoms with Gasteiger partial charge in [-0.15, -0.1) is 0 Å². The van der Waals surface area contributed by atoms with Crippen molar-refractivity contribution in [3.8, 4) is 17.0 Å². The molecule has 184 valence electrons. The van der Waals surface area contributed by atoms with Gasteiger partial charge in [0.25, 0.3) is 5.91 Å². The van der Waals surface area contributed by atoms with E-state index in [0.717, 1.165) is 11.1 Å². The third-order valence-electron chi connectivity index (χ3n) is 5.56. The number of carbonyl (C=O) groups excluding carboxylic acids is 2. The number of halogens is 1. The zero-order chi connectivity index (χ0) is 25.7. The standard InChI is InChI=1S/C25H24FN7O3/c1-15-11-29-30-13-19(15)23-22(24(27)35)25(31-21(34)10-6-16-5-9-20(26)28-12-16)33(32-23)14-17-3-7-18(36-2)8-4-17/h3-5,7-9,11-13H,6,10,14H2,1-2H3,(H2,27,35)(H,31,34). The molecule has 0 fully saturated rings. The van der Waals surface area contributed by atoms with Gasteiger partial charge >= 0.3 is 0 Å². The van der Waals surface area contributed by atoms with Gasteiger partial charge in [0.05, 0.1) is 26.0 Å². The fourth-order valence-corrected chi connectivity index (χ4v) is 3.67. The summed E-state index contributed by atoms with van der Waals surface area (Å²) >= 11 is 0. The molecular weight excluding hydrogens is 465 g/mol. The first-order valence-electron chi connectivity index (χ1n) is 11.1. The summed E-state index contributed by atoms with van der Waals surface area (Å²) in [6, 6.07) is 10.1. The van der Waals surface area contributed by atoms with Crippen LogP contribution in [0.1, 0.15) is 33.5 Å². The van der Waals surface area contributed by atoms with E-state index in [1.807, 2.05) is 19.1 Å². The predicted molar refractivity (Wildman–Crippen MR) is 130 cm³/mol.